The van der Waals surface area contributed by atoms with Crippen LogP contribution in [0.15, 0.2) is 18.2 Å². The fraction of sp³-hybridized carbons (Fsp3) is 0.611. The number of likely N-dealkylation sites (tertiary alicyclic amines) is 1. The lowest BCUT2D eigenvalue weighted by atomic mass is 10.0. The molecule has 132 valence electrons. The molecule has 1 aromatic rings. The molecule has 2 heterocycles. The van der Waals surface area contributed by atoms with Crippen molar-refractivity contribution in [1.29, 1.82) is 0 Å². The largest absolute Gasteiger partial charge is 0.340 e. The lowest BCUT2D eigenvalue weighted by molar-refractivity contribution is -0.132. The fourth-order valence-electron chi connectivity index (χ4n) is 3.70. The molecule has 0 saturated carbocycles. The molecule has 4 nitrogen and oxygen atoms in total. The van der Waals surface area contributed by atoms with Gasteiger partial charge in [0.05, 0.1) is 6.42 Å². The molecule has 0 bridgehead atoms. The van der Waals surface area contributed by atoms with Crippen molar-refractivity contribution >= 4 is 5.91 Å². The minimum absolute atomic E-state index is 0.0528. The number of piperazine rings is 1. The number of nitrogens with zero attached hydrogens (tertiary/aromatic N) is 3. The summed E-state index contributed by atoms with van der Waals surface area (Å²) in [7, 11) is 2.15. The average molecular weight is 337 g/mol. The minimum atomic E-state index is -0.634. The summed E-state index contributed by atoms with van der Waals surface area (Å²) in [5.41, 5.74) is 0.398. The highest BCUT2D eigenvalue weighted by atomic mass is 19.1. The summed E-state index contributed by atoms with van der Waals surface area (Å²) in [6.07, 6.45) is 2.43. The maximum Gasteiger partial charge on any atom is 0.227 e. The van der Waals surface area contributed by atoms with Crippen LogP contribution in [0.3, 0.4) is 0 Å². The summed E-state index contributed by atoms with van der Waals surface area (Å²) in [6.45, 7) is 5.44. The zero-order chi connectivity index (χ0) is 17.1. The Bertz CT molecular complexity index is 559. The van der Waals surface area contributed by atoms with Crippen molar-refractivity contribution in [3.05, 3.63) is 35.4 Å². The number of hydrogen-bond donors (Lipinski definition) is 0. The van der Waals surface area contributed by atoms with E-state index in [2.05, 4.69) is 16.8 Å². The summed E-state index contributed by atoms with van der Waals surface area (Å²) in [6, 6.07) is 3.91. The second-order valence-corrected chi connectivity index (χ2v) is 6.91. The quantitative estimate of drug-likeness (QED) is 0.841. The van der Waals surface area contributed by atoms with Crippen LogP contribution in [0.1, 0.15) is 18.4 Å². The van der Waals surface area contributed by atoms with Gasteiger partial charge < -0.3 is 9.80 Å². The van der Waals surface area contributed by atoms with Gasteiger partial charge in [-0.05, 0) is 50.7 Å². The lowest BCUT2D eigenvalue weighted by Crippen LogP contribution is -2.54. The zero-order valence-corrected chi connectivity index (χ0v) is 14.2. The Balaban J connectivity index is 1.50. The van der Waals surface area contributed by atoms with E-state index in [0.29, 0.717) is 24.7 Å². The number of carbonyl (C=O) groups excluding carboxylic acids is 1. The van der Waals surface area contributed by atoms with Crippen molar-refractivity contribution in [2.24, 2.45) is 0 Å². The van der Waals surface area contributed by atoms with Crippen LogP contribution in [0.4, 0.5) is 8.78 Å². The van der Waals surface area contributed by atoms with Gasteiger partial charge >= 0.3 is 0 Å². The van der Waals surface area contributed by atoms with Gasteiger partial charge in [0.25, 0.3) is 0 Å². The van der Waals surface area contributed by atoms with E-state index in [0.717, 1.165) is 32.2 Å². The molecule has 0 aromatic heterocycles. The second-order valence-electron chi connectivity index (χ2n) is 6.91. The molecule has 2 aliphatic rings. The molecule has 2 saturated heterocycles. The van der Waals surface area contributed by atoms with Gasteiger partial charge in [0.15, 0.2) is 0 Å². The summed E-state index contributed by atoms with van der Waals surface area (Å²) in [5, 5.41) is 0. The molecule has 3 rings (SSSR count). The zero-order valence-electron chi connectivity index (χ0n) is 14.2. The van der Waals surface area contributed by atoms with Crippen LogP contribution in [0.25, 0.3) is 0 Å². The Labute approximate surface area is 142 Å². The van der Waals surface area contributed by atoms with Crippen LogP contribution in [0, 0.1) is 11.6 Å². The number of rotatable bonds is 3. The molecular weight excluding hydrogens is 312 g/mol. The predicted molar refractivity (Wildman–Crippen MR) is 88.7 cm³/mol. The minimum Gasteiger partial charge on any atom is -0.340 e. The van der Waals surface area contributed by atoms with Gasteiger partial charge in [-0.1, -0.05) is 0 Å². The van der Waals surface area contributed by atoms with E-state index >= 15 is 0 Å². The van der Waals surface area contributed by atoms with Gasteiger partial charge in [-0.15, -0.1) is 0 Å². The van der Waals surface area contributed by atoms with Crippen LogP contribution < -0.4 is 0 Å². The number of amides is 1. The Morgan fingerprint density at radius 2 is 1.58 bits per heavy atom. The Morgan fingerprint density at radius 1 is 1.00 bits per heavy atom. The highest BCUT2D eigenvalue weighted by molar-refractivity contribution is 5.78. The molecule has 1 amide bonds. The fourth-order valence-corrected chi connectivity index (χ4v) is 3.70. The molecule has 2 aliphatic heterocycles. The van der Waals surface area contributed by atoms with E-state index < -0.39 is 11.6 Å². The number of piperidine rings is 1. The van der Waals surface area contributed by atoms with Crippen molar-refractivity contribution in [2.45, 2.75) is 25.3 Å². The molecule has 0 radical (unpaired) electrons. The molecule has 6 heteroatoms. The van der Waals surface area contributed by atoms with Gasteiger partial charge in [-0.25, -0.2) is 8.78 Å². The molecule has 24 heavy (non-hydrogen) atoms. The third-order valence-corrected chi connectivity index (χ3v) is 5.15. The van der Waals surface area contributed by atoms with E-state index in [-0.39, 0.29) is 12.3 Å². The molecule has 0 aliphatic carbocycles. The predicted octanol–water partition coefficient (Wildman–Crippen LogP) is 1.75. The first-order chi connectivity index (χ1) is 11.5. The number of hydrogen-bond acceptors (Lipinski definition) is 3. The van der Waals surface area contributed by atoms with Crippen LogP contribution in [-0.2, 0) is 11.2 Å². The van der Waals surface area contributed by atoms with E-state index in [1.807, 2.05) is 4.90 Å². The topological polar surface area (TPSA) is 26.8 Å². The van der Waals surface area contributed by atoms with Gasteiger partial charge in [-0.3, -0.25) is 9.69 Å². The highest BCUT2D eigenvalue weighted by Crippen LogP contribution is 2.18. The molecule has 0 N–H and O–H groups in total. The van der Waals surface area contributed by atoms with Gasteiger partial charge in [0.2, 0.25) is 5.91 Å². The average Bonchev–Trinajstić information content (AvgIpc) is 2.55. The van der Waals surface area contributed by atoms with Crippen molar-refractivity contribution < 1.29 is 13.6 Å². The Kier molecular flexibility index (Phi) is 5.46. The first-order valence-electron chi connectivity index (χ1n) is 8.66. The maximum atomic E-state index is 13.2. The summed E-state index contributed by atoms with van der Waals surface area (Å²) >= 11 is 0. The molecule has 0 unspecified atom stereocenters. The summed E-state index contributed by atoms with van der Waals surface area (Å²) in [4.78, 5) is 19.0. The molecular formula is C18H25F2N3O. The first kappa shape index (κ1) is 17.3. The maximum absolute atomic E-state index is 13.2. The first-order valence-corrected chi connectivity index (χ1v) is 8.66. The van der Waals surface area contributed by atoms with Crippen molar-refractivity contribution in [1.82, 2.24) is 14.7 Å². The van der Waals surface area contributed by atoms with Crippen molar-refractivity contribution in [2.75, 3.05) is 46.3 Å². The SMILES string of the molecule is CN1CCC(N2CCN(C(=O)Cc3cc(F)cc(F)c3)CC2)CC1. The standard InChI is InChI=1S/C18H25F2N3O/c1-21-4-2-17(3-5-21)22-6-8-23(9-7-22)18(24)12-14-10-15(19)13-16(20)11-14/h10-11,13,17H,2-9,12H2,1H3. The van der Waals surface area contributed by atoms with E-state index in [1.54, 1.807) is 0 Å². The van der Waals surface area contributed by atoms with Gasteiger partial charge in [0, 0.05) is 38.3 Å². The molecule has 1 aromatic carbocycles. The number of carbonyl (C=O) groups is 1. The third-order valence-electron chi connectivity index (χ3n) is 5.15. The monoisotopic (exact) mass is 337 g/mol. The Hall–Kier alpha value is -1.53. The van der Waals surface area contributed by atoms with E-state index in [4.69, 9.17) is 0 Å². The highest BCUT2D eigenvalue weighted by Gasteiger charge is 2.28. The normalized spacial score (nSPS) is 21.2. The number of benzene rings is 1. The van der Waals surface area contributed by atoms with E-state index in [1.165, 1.54) is 25.0 Å². The van der Waals surface area contributed by atoms with Crippen LogP contribution in [0.2, 0.25) is 0 Å². The van der Waals surface area contributed by atoms with E-state index in [9.17, 15) is 13.6 Å². The Morgan fingerprint density at radius 3 is 2.17 bits per heavy atom. The van der Waals surface area contributed by atoms with Crippen molar-refractivity contribution in [3.63, 3.8) is 0 Å². The smallest absolute Gasteiger partial charge is 0.227 e. The summed E-state index contributed by atoms with van der Waals surface area (Å²) < 4.78 is 26.5. The molecule has 0 atom stereocenters. The van der Waals surface area contributed by atoms with Gasteiger partial charge in [0.1, 0.15) is 11.6 Å². The number of halogens is 2. The van der Waals surface area contributed by atoms with Crippen LogP contribution in [-0.4, -0.2) is 73.0 Å². The van der Waals surface area contributed by atoms with Crippen molar-refractivity contribution in [3.8, 4) is 0 Å². The lowest BCUT2D eigenvalue weighted by Gasteiger charge is -2.42. The molecule has 0 spiro atoms. The second kappa shape index (κ2) is 7.57. The summed E-state index contributed by atoms with van der Waals surface area (Å²) in [5.74, 6) is -1.32. The van der Waals surface area contributed by atoms with Crippen LogP contribution in [0.5, 0.6) is 0 Å². The molecule has 2 fully saturated rings. The third kappa shape index (κ3) is 4.30. The van der Waals surface area contributed by atoms with Crippen LogP contribution >= 0.6 is 0 Å². The van der Waals surface area contributed by atoms with Gasteiger partial charge in [-0.2, -0.15) is 0 Å².